The third-order valence-electron chi connectivity index (χ3n) is 6.07. The fourth-order valence-corrected chi connectivity index (χ4v) is 5.48. The van der Waals surface area contributed by atoms with Gasteiger partial charge in [0.15, 0.2) is 0 Å². The molecule has 4 rings (SSSR count). The maximum Gasteiger partial charge on any atom is 0.245 e. The van der Waals surface area contributed by atoms with Gasteiger partial charge in [0.1, 0.15) is 10.7 Å². The van der Waals surface area contributed by atoms with Crippen LogP contribution in [0.3, 0.4) is 0 Å². The van der Waals surface area contributed by atoms with Crippen LogP contribution in [-0.2, 0) is 27.9 Å². The van der Waals surface area contributed by atoms with Gasteiger partial charge in [0.2, 0.25) is 15.9 Å². The number of carbonyl (C=O) groups excluding carboxylic acids is 1. The second-order valence-corrected chi connectivity index (χ2v) is 10.5. The van der Waals surface area contributed by atoms with E-state index in [4.69, 9.17) is 0 Å². The summed E-state index contributed by atoms with van der Waals surface area (Å²) in [5.74, 6) is 0.736. The summed E-state index contributed by atoms with van der Waals surface area (Å²) in [6.45, 7) is 3.56. The summed E-state index contributed by atoms with van der Waals surface area (Å²) < 4.78 is 28.6. The summed E-state index contributed by atoms with van der Waals surface area (Å²) in [7, 11) is -3.77. The Hall–Kier alpha value is -3.23. The topological polar surface area (TPSA) is 82.6 Å². The molecule has 7 nitrogen and oxygen atoms in total. The number of benzene rings is 2. The Bertz CT molecular complexity index is 1140. The van der Waals surface area contributed by atoms with Crippen molar-refractivity contribution in [2.45, 2.75) is 43.8 Å². The smallest absolute Gasteiger partial charge is 0.245 e. The molecule has 0 spiro atoms. The van der Waals surface area contributed by atoms with Crippen LogP contribution in [0.2, 0.25) is 0 Å². The molecule has 3 aromatic rings. The van der Waals surface area contributed by atoms with Gasteiger partial charge in [-0.25, -0.2) is 13.4 Å². The molecule has 0 atom stereocenters. The molecule has 1 amide bonds. The van der Waals surface area contributed by atoms with E-state index >= 15 is 0 Å². The molecular weight excluding hydrogens is 448 g/mol. The van der Waals surface area contributed by atoms with Crippen molar-refractivity contribution in [3.05, 3.63) is 90.1 Å². The first kappa shape index (κ1) is 23.9. The molecule has 0 saturated carbocycles. The highest BCUT2D eigenvalue weighted by molar-refractivity contribution is 7.89. The van der Waals surface area contributed by atoms with Crippen LogP contribution in [-0.4, -0.2) is 47.6 Å². The second-order valence-electron chi connectivity index (χ2n) is 8.55. The highest BCUT2D eigenvalue weighted by Crippen LogP contribution is 2.22. The van der Waals surface area contributed by atoms with Crippen LogP contribution in [0.25, 0.3) is 0 Å². The van der Waals surface area contributed by atoms with Crippen molar-refractivity contribution in [3.63, 3.8) is 0 Å². The van der Waals surface area contributed by atoms with E-state index in [-0.39, 0.29) is 29.9 Å². The lowest BCUT2D eigenvalue weighted by Crippen LogP contribution is -2.41. The maximum absolute atomic E-state index is 13.6. The third kappa shape index (κ3) is 6.01. The maximum atomic E-state index is 13.6. The molecule has 1 N–H and O–H groups in total. The molecule has 1 fully saturated rings. The van der Waals surface area contributed by atoms with Crippen LogP contribution in [0.5, 0.6) is 0 Å². The number of rotatable bonds is 8. The first-order valence-corrected chi connectivity index (χ1v) is 12.9. The summed E-state index contributed by atoms with van der Waals surface area (Å²) in [4.78, 5) is 17.9. The number of pyridine rings is 1. The Morgan fingerprint density at radius 3 is 1.97 bits per heavy atom. The van der Waals surface area contributed by atoms with Gasteiger partial charge in [-0.3, -0.25) is 4.79 Å². The van der Waals surface area contributed by atoms with Crippen LogP contribution in [0.4, 0.5) is 5.82 Å². The Morgan fingerprint density at radius 2 is 1.50 bits per heavy atom. The van der Waals surface area contributed by atoms with Crippen LogP contribution in [0, 0.1) is 0 Å². The predicted molar refractivity (Wildman–Crippen MR) is 132 cm³/mol. The lowest BCUT2D eigenvalue weighted by Gasteiger charge is -2.32. The predicted octanol–water partition coefficient (Wildman–Crippen LogP) is 3.90. The van der Waals surface area contributed by atoms with E-state index in [9.17, 15) is 13.2 Å². The van der Waals surface area contributed by atoms with Gasteiger partial charge in [-0.2, -0.15) is 4.31 Å². The van der Waals surface area contributed by atoms with Crippen molar-refractivity contribution in [3.8, 4) is 0 Å². The summed E-state index contributed by atoms with van der Waals surface area (Å²) in [5.41, 5.74) is 1.84. The molecule has 1 aliphatic heterocycles. The van der Waals surface area contributed by atoms with Gasteiger partial charge < -0.3 is 10.2 Å². The lowest BCUT2D eigenvalue weighted by molar-refractivity contribution is -0.129. The molecule has 34 heavy (non-hydrogen) atoms. The monoisotopic (exact) mass is 478 g/mol. The number of likely N-dealkylation sites (tertiary alicyclic amines) is 1. The Balaban J connectivity index is 1.49. The van der Waals surface area contributed by atoms with E-state index in [0.29, 0.717) is 18.9 Å². The Labute approximate surface area is 201 Å². The number of piperidine rings is 1. The van der Waals surface area contributed by atoms with Gasteiger partial charge in [0, 0.05) is 45.3 Å². The number of amides is 1. The molecule has 1 saturated heterocycles. The highest BCUT2D eigenvalue weighted by Gasteiger charge is 2.26. The second kappa shape index (κ2) is 10.8. The van der Waals surface area contributed by atoms with E-state index in [1.54, 1.807) is 19.1 Å². The number of hydrogen-bond acceptors (Lipinski definition) is 5. The summed E-state index contributed by atoms with van der Waals surface area (Å²) in [6, 6.07) is 22.7. The first-order chi connectivity index (χ1) is 16.4. The highest BCUT2D eigenvalue weighted by atomic mass is 32.2. The summed E-state index contributed by atoms with van der Waals surface area (Å²) in [5, 5.41) is 3.37. The van der Waals surface area contributed by atoms with Gasteiger partial charge in [0.05, 0.1) is 0 Å². The standard InChI is InChI=1S/C26H30N4O3S/c1-21(31)29-16-14-24(15-17-29)28-26-13-12-25(18-27-26)34(32,33)30(19-22-8-4-2-5-9-22)20-23-10-6-3-7-11-23/h2-13,18,24H,14-17,19-20H2,1H3,(H,27,28). The number of nitrogens with one attached hydrogen (secondary N) is 1. The van der Waals surface area contributed by atoms with Crippen molar-refractivity contribution in [2.75, 3.05) is 18.4 Å². The van der Waals surface area contributed by atoms with Crippen molar-refractivity contribution in [1.29, 1.82) is 0 Å². The van der Waals surface area contributed by atoms with Crippen LogP contribution in [0.1, 0.15) is 30.9 Å². The van der Waals surface area contributed by atoms with E-state index in [0.717, 1.165) is 24.0 Å². The first-order valence-electron chi connectivity index (χ1n) is 11.5. The van der Waals surface area contributed by atoms with E-state index in [1.165, 1.54) is 10.5 Å². The fraction of sp³-hybridized carbons (Fsp3) is 0.308. The quantitative estimate of drug-likeness (QED) is 0.531. The van der Waals surface area contributed by atoms with Gasteiger partial charge in [0.25, 0.3) is 0 Å². The molecule has 8 heteroatoms. The number of aromatic nitrogens is 1. The average Bonchev–Trinajstić information content (AvgIpc) is 2.85. The Kier molecular flexibility index (Phi) is 7.59. The normalized spacial score (nSPS) is 14.8. The molecule has 0 bridgehead atoms. The van der Waals surface area contributed by atoms with Crippen molar-refractivity contribution >= 4 is 21.7 Å². The van der Waals surface area contributed by atoms with Crippen LogP contribution < -0.4 is 5.32 Å². The van der Waals surface area contributed by atoms with Gasteiger partial charge in [-0.15, -0.1) is 0 Å². The molecule has 178 valence electrons. The van der Waals surface area contributed by atoms with Gasteiger partial charge in [-0.05, 0) is 36.1 Å². The number of nitrogens with zero attached hydrogens (tertiary/aromatic N) is 3. The fourth-order valence-electron chi connectivity index (χ4n) is 4.12. The van der Waals surface area contributed by atoms with Gasteiger partial charge >= 0.3 is 0 Å². The number of hydrogen-bond donors (Lipinski definition) is 1. The zero-order valence-corrected chi connectivity index (χ0v) is 20.1. The number of sulfonamides is 1. The third-order valence-corrected chi connectivity index (χ3v) is 7.85. The minimum atomic E-state index is -3.77. The lowest BCUT2D eigenvalue weighted by atomic mass is 10.1. The minimum absolute atomic E-state index is 0.0988. The SMILES string of the molecule is CC(=O)N1CCC(Nc2ccc(S(=O)(=O)N(Cc3ccccc3)Cc3ccccc3)cn2)CC1. The van der Waals surface area contributed by atoms with E-state index in [2.05, 4.69) is 10.3 Å². The molecule has 0 unspecified atom stereocenters. The largest absolute Gasteiger partial charge is 0.367 e. The van der Waals surface area contributed by atoms with Crippen molar-refractivity contribution in [1.82, 2.24) is 14.2 Å². The minimum Gasteiger partial charge on any atom is -0.367 e. The van der Waals surface area contributed by atoms with Crippen LogP contribution >= 0.6 is 0 Å². The molecular formula is C26H30N4O3S. The molecule has 0 aliphatic carbocycles. The Morgan fingerprint density at radius 1 is 0.941 bits per heavy atom. The summed E-state index contributed by atoms with van der Waals surface area (Å²) >= 11 is 0. The summed E-state index contributed by atoms with van der Waals surface area (Å²) in [6.07, 6.45) is 3.10. The average molecular weight is 479 g/mol. The molecule has 2 aromatic carbocycles. The number of anilines is 1. The number of carbonyl (C=O) groups is 1. The van der Waals surface area contributed by atoms with Crippen LogP contribution in [0.15, 0.2) is 83.9 Å². The van der Waals surface area contributed by atoms with Crippen molar-refractivity contribution in [2.24, 2.45) is 0 Å². The van der Waals surface area contributed by atoms with Gasteiger partial charge in [-0.1, -0.05) is 60.7 Å². The van der Waals surface area contributed by atoms with E-state index in [1.807, 2.05) is 65.6 Å². The zero-order chi connectivity index (χ0) is 24.0. The van der Waals surface area contributed by atoms with Crippen molar-refractivity contribution < 1.29 is 13.2 Å². The van der Waals surface area contributed by atoms with E-state index < -0.39 is 10.0 Å². The molecule has 0 radical (unpaired) electrons. The molecule has 2 heterocycles. The zero-order valence-electron chi connectivity index (χ0n) is 19.3. The molecule has 1 aliphatic rings. The molecule has 1 aromatic heterocycles.